The third-order valence-corrected chi connectivity index (χ3v) is 8.70. The molecule has 3 aromatic carbocycles. The van der Waals surface area contributed by atoms with Crippen LogP contribution >= 0.6 is 0 Å². The zero-order chi connectivity index (χ0) is 30.4. The Balaban J connectivity index is 1.22. The van der Waals surface area contributed by atoms with Crippen molar-refractivity contribution >= 4 is 35.3 Å². The third-order valence-electron chi connectivity index (χ3n) is 8.70. The van der Waals surface area contributed by atoms with E-state index in [-0.39, 0.29) is 36.0 Å². The first-order valence-corrected chi connectivity index (χ1v) is 14.4. The third kappa shape index (κ3) is 4.78. The average Bonchev–Trinajstić information content (AvgIpc) is 3.28. The molecule has 1 heterocycles. The largest absolute Gasteiger partial charge is 0.465 e. The van der Waals surface area contributed by atoms with Crippen molar-refractivity contribution in [2.75, 3.05) is 19.0 Å². The number of amides is 3. The van der Waals surface area contributed by atoms with Crippen LogP contribution in [0.4, 0.5) is 5.69 Å². The zero-order valence-electron chi connectivity index (χ0n) is 24.1. The van der Waals surface area contributed by atoms with E-state index in [1.54, 1.807) is 0 Å². The smallest absolute Gasteiger partial charge is 0.337 e. The van der Waals surface area contributed by atoms with Crippen molar-refractivity contribution in [1.82, 2.24) is 4.90 Å². The topological polar surface area (TPSA) is 119 Å². The molecule has 9 nitrogen and oxygen atoms in total. The van der Waals surface area contributed by atoms with Crippen LogP contribution in [0.1, 0.15) is 64.7 Å². The van der Waals surface area contributed by atoms with Crippen molar-refractivity contribution in [2.45, 2.75) is 38.1 Å². The maximum Gasteiger partial charge on any atom is 0.337 e. The fourth-order valence-electron chi connectivity index (χ4n) is 7.00. The highest BCUT2D eigenvalue weighted by atomic mass is 16.5. The van der Waals surface area contributed by atoms with Crippen LogP contribution in [-0.2, 0) is 28.7 Å². The Kier molecular flexibility index (Phi) is 7.33. The molecule has 0 unspecified atom stereocenters. The fourth-order valence-corrected chi connectivity index (χ4v) is 7.00. The highest BCUT2D eigenvalue weighted by Gasteiger charge is 2.63. The van der Waals surface area contributed by atoms with Crippen LogP contribution in [0.5, 0.6) is 0 Å². The summed E-state index contributed by atoms with van der Waals surface area (Å²) in [6.45, 7) is 3.20. The lowest BCUT2D eigenvalue weighted by molar-refractivity contribution is -0.160. The van der Waals surface area contributed by atoms with E-state index >= 15 is 0 Å². The van der Waals surface area contributed by atoms with Gasteiger partial charge in [-0.2, -0.15) is 0 Å². The zero-order valence-corrected chi connectivity index (χ0v) is 24.1. The Labute approximate surface area is 249 Å². The molecule has 7 rings (SSSR count). The molecule has 220 valence electrons. The van der Waals surface area contributed by atoms with Gasteiger partial charge in [0.05, 0.1) is 24.5 Å². The quantitative estimate of drug-likeness (QED) is 0.312. The number of carbonyl (C=O) groups is 5. The molecule has 3 aromatic rings. The minimum atomic E-state index is -1.15. The van der Waals surface area contributed by atoms with Gasteiger partial charge in [-0.1, -0.05) is 62.4 Å². The van der Waals surface area contributed by atoms with Crippen molar-refractivity contribution in [1.29, 1.82) is 0 Å². The number of imide groups is 1. The molecule has 3 atom stereocenters. The van der Waals surface area contributed by atoms with Gasteiger partial charge in [-0.15, -0.1) is 0 Å². The molecule has 3 aliphatic carbocycles. The molecule has 9 heteroatoms. The summed E-state index contributed by atoms with van der Waals surface area (Å²) in [5, 5.41) is 2.61. The van der Waals surface area contributed by atoms with Crippen molar-refractivity contribution in [3.63, 3.8) is 0 Å². The van der Waals surface area contributed by atoms with E-state index in [1.165, 1.54) is 31.4 Å². The van der Waals surface area contributed by atoms with Gasteiger partial charge >= 0.3 is 11.9 Å². The van der Waals surface area contributed by atoms with E-state index in [0.717, 1.165) is 27.2 Å². The van der Waals surface area contributed by atoms with Crippen LogP contribution in [-0.4, -0.2) is 54.3 Å². The second kappa shape index (κ2) is 11.1. The summed E-state index contributed by atoms with van der Waals surface area (Å²) in [6, 6.07) is 20.8. The molecule has 0 spiro atoms. The molecule has 1 aliphatic heterocycles. The lowest BCUT2D eigenvalue weighted by Crippen LogP contribution is -2.47. The highest BCUT2D eigenvalue weighted by molar-refractivity contribution is 6.10. The minimum Gasteiger partial charge on any atom is -0.465 e. The van der Waals surface area contributed by atoms with Gasteiger partial charge in [0.1, 0.15) is 6.04 Å². The van der Waals surface area contributed by atoms with Crippen molar-refractivity contribution in [2.24, 2.45) is 17.8 Å². The number of likely N-dealkylation sites (tertiary alicyclic amines) is 1. The molecule has 43 heavy (non-hydrogen) atoms. The summed E-state index contributed by atoms with van der Waals surface area (Å²) in [4.78, 5) is 67.2. The summed E-state index contributed by atoms with van der Waals surface area (Å²) < 4.78 is 10.1. The number of hydrogen-bond acceptors (Lipinski definition) is 7. The average molecular weight is 581 g/mol. The molecule has 0 saturated carbocycles. The molecular weight excluding hydrogens is 548 g/mol. The predicted molar refractivity (Wildman–Crippen MR) is 156 cm³/mol. The van der Waals surface area contributed by atoms with Gasteiger partial charge in [-0.25, -0.2) is 9.59 Å². The minimum absolute atomic E-state index is 0.0333. The van der Waals surface area contributed by atoms with Crippen LogP contribution in [0, 0.1) is 17.8 Å². The van der Waals surface area contributed by atoms with E-state index < -0.39 is 42.3 Å². The van der Waals surface area contributed by atoms with E-state index in [4.69, 9.17) is 4.74 Å². The number of esters is 2. The number of carbonyl (C=O) groups excluding carboxylic acids is 5. The Morgan fingerprint density at radius 1 is 0.791 bits per heavy atom. The van der Waals surface area contributed by atoms with E-state index in [1.807, 2.05) is 62.4 Å². The lowest BCUT2D eigenvalue weighted by Gasteiger charge is -2.45. The molecule has 0 aromatic heterocycles. The number of benzene rings is 3. The number of nitrogens with zero attached hydrogens (tertiary/aromatic N) is 1. The first kappa shape index (κ1) is 28.3. The number of rotatable bonds is 8. The van der Waals surface area contributed by atoms with Crippen molar-refractivity contribution < 1.29 is 33.4 Å². The molecular formula is C34H32N2O7. The normalized spacial score (nSPS) is 22.0. The first-order chi connectivity index (χ1) is 20.7. The van der Waals surface area contributed by atoms with Gasteiger partial charge in [0.25, 0.3) is 5.91 Å². The van der Waals surface area contributed by atoms with E-state index in [9.17, 15) is 24.0 Å². The summed E-state index contributed by atoms with van der Waals surface area (Å²) in [7, 11) is 1.28. The molecule has 3 amide bonds. The summed E-state index contributed by atoms with van der Waals surface area (Å²) in [6.07, 6.45) is 0.210. The van der Waals surface area contributed by atoms with Gasteiger partial charge in [-0.3, -0.25) is 19.3 Å². The van der Waals surface area contributed by atoms with Crippen LogP contribution < -0.4 is 5.32 Å². The lowest BCUT2D eigenvalue weighted by atomic mass is 9.55. The fraction of sp³-hybridized carbons (Fsp3) is 0.324. The van der Waals surface area contributed by atoms with Gasteiger partial charge in [0.2, 0.25) is 11.8 Å². The molecule has 0 radical (unpaired) electrons. The number of methoxy groups -OCH3 is 1. The monoisotopic (exact) mass is 580 g/mol. The van der Waals surface area contributed by atoms with Gasteiger partial charge in [0, 0.05) is 17.5 Å². The number of anilines is 1. The molecule has 1 saturated heterocycles. The predicted octanol–water partition coefficient (Wildman–Crippen LogP) is 4.26. The maximum atomic E-state index is 14.1. The van der Waals surface area contributed by atoms with Crippen molar-refractivity contribution in [3.05, 3.63) is 101 Å². The second-order valence-corrected chi connectivity index (χ2v) is 11.7. The van der Waals surface area contributed by atoms with Gasteiger partial charge in [-0.05, 0) is 58.9 Å². The summed E-state index contributed by atoms with van der Waals surface area (Å²) >= 11 is 0. The standard InChI is InChI=1S/C34H32N2O7/c1-18(2)16-25(34(41)43-17-26(37)35-20-14-12-19(13-15-20)33(40)42-3)36-31(38)29-27-21-8-4-5-9-22(21)28(30(29)32(36)39)24-11-7-6-10-23(24)27/h4-15,18,25,27-30H,16-17H2,1-3H3,(H,35,37)/t25-,27?,28?,29+,30+/m0/s1. The number of ether oxygens (including phenoxy) is 2. The number of hydrogen-bond donors (Lipinski definition) is 1. The maximum absolute atomic E-state index is 14.1. The Hall–Kier alpha value is -4.79. The molecule has 4 aliphatic rings. The Morgan fingerprint density at radius 2 is 1.28 bits per heavy atom. The highest BCUT2D eigenvalue weighted by Crippen LogP contribution is 2.61. The van der Waals surface area contributed by atoms with Crippen LogP contribution in [0.2, 0.25) is 0 Å². The van der Waals surface area contributed by atoms with Gasteiger partial charge in [0.15, 0.2) is 6.61 Å². The summed E-state index contributed by atoms with van der Waals surface area (Å²) in [5.41, 5.74) is 4.92. The second-order valence-electron chi connectivity index (χ2n) is 11.7. The van der Waals surface area contributed by atoms with Crippen LogP contribution in [0.15, 0.2) is 72.8 Å². The number of nitrogens with one attached hydrogen (secondary N) is 1. The van der Waals surface area contributed by atoms with Crippen LogP contribution in [0.25, 0.3) is 0 Å². The van der Waals surface area contributed by atoms with Gasteiger partial charge < -0.3 is 14.8 Å². The summed E-state index contributed by atoms with van der Waals surface area (Å²) in [5.74, 6) is -4.46. The molecule has 2 bridgehead atoms. The first-order valence-electron chi connectivity index (χ1n) is 14.4. The molecule has 1 fully saturated rings. The van der Waals surface area contributed by atoms with Crippen LogP contribution in [0.3, 0.4) is 0 Å². The van der Waals surface area contributed by atoms with Crippen molar-refractivity contribution in [3.8, 4) is 0 Å². The SMILES string of the molecule is COC(=O)c1ccc(NC(=O)COC(=O)[C@H](CC(C)C)N2C(=O)[C@@H]3C4c5ccccc5C(c5ccccc54)[C@H]3C2=O)cc1. The van der Waals surface area contributed by atoms with E-state index in [0.29, 0.717) is 11.3 Å². The van der Waals surface area contributed by atoms with E-state index in [2.05, 4.69) is 10.1 Å². The molecule has 1 N–H and O–H groups in total. The Morgan fingerprint density at radius 3 is 1.72 bits per heavy atom. The Bertz CT molecular complexity index is 1510.